The van der Waals surface area contributed by atoms with Crippen molar-refractivity contribution in [1.29, 1.82) is 0 Å². The summed E-state index contributed by atoms with van der Waals surface area (Å²) in [5.74, 6) is 0.333. The molecule has 0 atom stereocenters. The van der Waals surface area contributed by atoms with Crippen LogP contribution < -0.4 is 0 Å². The van der Waals surface area contributed by atoms with E-state index >= 15 is 0 Å². The van der Waals surface area contributed by atoms with Crippen molar-refractivity contribution in [2.75, 3.05) is 0 Å². The summed E-state index contributed by atoms with van der Waals surface area (Å²) < 4.78 is 0. The third kappa shape index (κ3) is 5.00. The zero-order valence-corrected chi connectivity index (χ0v) is 16.6. The van der Waals surface area contributed by atoms with Crippen molar-refractivity contribution < 1.29 is 5.11 Å². The molecule has 0 bridgehead atoms. The highest BCUT2D eigenvalue weighted by Crippen LogP contribution is 2.37. The average Bonchev–Trinajstić information content (AvgIpc) is 2.65. The Morgan fingerprint density at radius 1 is 0.708 bits per heavy atom. The Labute approximate surface area is 153 Å². The molecule has 3 rings (SSSR count). The summed E-state index contributed by atoms with van der Waals surface area (Å²) in [5.41, 5.74) is 3.78. The molecule has 24 heavy (non-hydrogen) atoms. The first kappa shape index (κ1) is 18.3. The van der Waals surface area contributed by atoms with Gasteiger partial charge in [-0.2, -0.15) is 0 Å². The number of rotatable bonds is 4. The summed E-state index contributed by atoms with van der Waals surface area (Å²) in [4.78, 5) is 0. The molecule has 2 heteroatoms. The van der Waals surface area contributed by atoms with Crippen LogP contribution in [0.4, 0.5) is 0 Å². The molecule has 0 spiro atoms. The van der Waals surface area contributed by atoms with Crippen LogP contribution in [0.15, 0.2) is 78.9 Å². The fourth-order valence-corrected chi connectivity index (χ4v) is 3.31. The van der Waals surface area contributed by atoms with E-state index in [1.54, 1.807) is 0 Å². The summed E-state index contributed by atoms with van der Waals surface area (Å²) in [6, 6.07) is 25.7. The molecule has 122 valence electrons. The van der Waals surface area contributed by atoms with Crippen LogP contribution in [-0.2, 0) is 0 Å². The van der Waals surface area contributed by atoms with Crippen LogP contribution in [0.25, 0.3) is 22.3 Å². The Morgan fingerprint density at radius 3 is 1.50 bits per heavy atom. The van der Waals surface area contributed by atoms with E-state index in [1.807, 2.05) is 78.9 Å². The van der Waals surface area contributed by atoms with Gasteiger partial charge >= 0.3 is 0 Å². The highest BCUT2D eigenvalue weighted by molar-refractivity contribution is 6.08. The lowest BCUT2D eigenvalue weighted by Crippen LogP contribution is -1.83. The Balaban J connectivity index is 0.000000368. The van der Waals surface area contributed by atoms with E-state index in [-0.39, 0.29) is 0 Å². The molecule has 0 heterocycles. The number of phenolic OH excluding ortho intramolecular Hbond substituents is 1. The second kappa shape index (κ2) is 9.98. The maximum atomic E-state index is 10.5. The third-order valence-corrected chi connectivity index (χ3v) is 4.62. The Kier molecular flexibility index (Phi) is 7.63. The van der Waals surface area contributed by atoms with Crippen molar-refractivity contribution >= 4 is 16.3 Å². The molecule has 0 saturated heterocycles. The lowest BCUT2D eigenvalue weighted by molar-refractivity contribution is 0.479. The van der Waals surface area contributed by atoms with Crippen LogP contribution in [0.2, 0.25) is 5.28 Å². The molecule has 1 N–H and O–H groups in total. The van der Waals surface area contributed by atoms with Crippen LogP contribution >= 0.6 is 0 Å². The molecule has 0 aliphatic heterocycles. The van der Waals surface area contributed by atoms with Gasteiger partial charge in [0.2, 0.25) is 16.3 Å². The van der Waals surface area contributed by atoms with Gasteiger partial charge in [-0.05, 0) is 11.1 Å². The van der Waals surface area contributed by atoms with Gasteiger partial charge in [-0.1, -0.05) is 98.6 Å². The summed E-state index contributed by atoms with van der Waals surface area (Å²) >= 11 is 1.40. The Bertz CT molecular complexity index is 664. The number of unbranched alkanes of at least 4 members (excludes halogenated alkanes) is 1. The number of para-hydroxylation sites is 1. The Hall–Kier alpha value is -2.01. The molecule has 3 aromatic rings. The van der Waals surface area contributed by atoms with E-state index in [2.05, 4.69) is 6.92 Å². The fraction of sp³-hybridized carbons (Fsp3) is 0.182. The predicted molar refractivity (Wildman–Crippen MR) is 107 cm³/mol. The summed E-state index contributed by atoms with van der Waals surface area (Å²) in [7, 11) is 0. The fourth-order valence-electron chi connectivity index (χ4n) is 2.60. The Morgan fingerprint density at radius 2 is 1.17 bits per heavy atom. The molecule has 3 aromatic carbocycles. The number of hydrogen-bond acceptors (Lipinski definition) is 1. The van der Waals surface area contributed by atoms with Gasteiger partial charge in [0.05, 0.1) is 0 Å². The maximum absolute atomic E-state index is 10.5. The van der Waals surface area contributed by atoms with E-state index in [1.165, 1.54) is 34.4 Å². The molecule has 0 aliphatic rings. The lowest BCUT2D eigenvalue weighted by atomic mass is 9.97. The zero-order chi connectivity index (χ0) is 17.2. The second-order valence-electron chi connectivity index (χ2n) is 5.79. The van der Waals surface area contributed by atoms with Gasteiger partial charge in [0.15, 0.2) is 0 Å². The predicted octanol–water partition coefficient (Wildman–Crippen LogP) is 5.56. The summed E-state index contributed by atoms with van der Waals surface area (Å²) in [6.45, 7) is 2.23. The molecule has 1 nitrogen and oxygen atoms in total. The van der Waals surface area contributed by atoms with Crippen LogP contribution in [-0.4, -0.2) is 21.4 Å². The van der Waals surface area contributed by atoms with Crippen molar-refractivity contribution in [2.45, 2.75) is 25.0 Å². The minimum Gasteiger partial charge on any atom is -0.507 e. The first-order valence-electron chi connectivity index (χ1n) is 8.70. The molecule has 0 radical (unpaired) electrons. The van der Waals surface area contributed by atoms with Crippen molar-refractivity contribution in [3.8, 4) is 28.0 Å². The van der Waals surface area contributed by atoms with Crippen LogP contribution in [0.5, 0.6) is 5.75 Å². The number of hydrogen-bond donors (Lipinski definition) is 1. The first-order valence-corrected chi connectivity index (χ1v) is 10.1. The van der Waals surface area contributed by atoms with Crippen molar-refractivity contribution in [2.24, 2.45) is 0 Å². The molecule has 0 fully saturated rings. The molecule has 0 aliphatic carbocycles. The van der Waals surface area contributed by atoms with E-state index < -0.39 is 0 Å². The largest absolute Gasteiger partial charge is 0.507 e. The van der Waals surface area contributed by atoms with Gasteiger partial charge in [-0.3, -0.25) is 0 Å². The topological polar surface area (TPSA) is 20.2 Å². The second-order valence-corrected chi connectivity index (χ2v) is 6.79. The van der Waals surface area contributed by atoms with Gasteiger partial charge < -0.3 is 5.11 Å². The molecule has 0 unspecified atom stereocenters. The van der Waals surface area contributed by atoms with Gasteiger partial charge in [0.25, 0.3) is 0 Å². The van der Waals surface area contributed by atoms with Crippen LogP contribution in [0, 0.1) is 0 Å². The monoisotopic (exact) mass is 332 g/mol. The third-order valence-electron chi connectivity index (χ3n) is 3.91. The molecular formula is C22H25AlO. The van der Waals surface area contributed by atoms with Gasteiger partial charge in [-0.25, -0.2) is 0 Å². The molecule has 0 saturated carbocycles. The molecule has 0 amide bonds. The summed E-state index contributed by atoms with van der Waals surface area (Å²) in [6.07, 6.45) is 2.83. The van der Waals surface area contributed by atoms with E-state index in [0.29, 0.717) is 5.75 Å². The highest BCUT2D eigenvalue weighted by Gasteiger charge is 2.09. The minimum absolute atomic E-state index is 0.333. The number of benzene rings is 3. The average molecular weight is 332 g/mol. The van der Waals surface area contributed by atoms with Crippen LogP contribution in [0.3, 0.4) is 0 Å². The van der Waals surface area contributed by atoms with Gasteiger partial charge in [0.1, 0.15) is 5.75 Å². The van der Waals surface area contributed by atoms with Crippen molar-refractivity contribution in [1.82, 2.24) is 0 Å². The van der Waals surface area contributed by atoms with E-state index in [4.69, 9.17) is 0 Å². The van der Waals surface area contributed by atoms with Gasteiger partial charge in [0, 0.05) is 11.1 Å². The highest BCUT2D eigenvalue weighted by atomic mass is 27.0. The normalized spacial score (nSPS) is 9.88. The minimum atomic E-state index is 0.333. The SMILES string of the molecule is CCC[CH2][AlH2].Oc1c(-c2ccccc2)cccc1-c1ccccc1. The molecule has 0 aromatic heterocycles. The standard InChI is InChI=1S/C18H14O.C4H9.Al.2H/c19-18-16(14-8-3-1-4-9-14)12-7-13-17(18)15-10-5-2-6-11-15;1-3-4-2;;;/h1-13,19H;1,3-4H2,2H3;;;. The van der Waals surface area contributed by atoms with Crippen molar-refractivity contribution in [3.63, 3.8) is 0 Å². The first-order chi connectivity index (χ1) is 11.8. The lowest BCUT2D eigenvalue weighted by Gasteiger charge is -2.10. The smallest absolute Gasteiger partial charge is 0.211 e. The van der Waals surface area contributed by atoms with E-state index in [0.717, 1.165) is 22.3 Å². The van der Waals surface area contributed by atoms with Crippen molar-refractivity contribution in [3.05, 3.63) is 78.9 Å². The zero-order valence-electron chi connectivity index (χ0n) is 14.6. The van der Waals surface area contributed by atoms with Crippen LogP contribution in [0.1, 0.15) is 19.8 Å². The molecular weight excluding hydrogens is 307 g/mol. The maximum Gasteiger partial charge on any atom is 0.211 e. The number of aromatic hydroxyl groups is 1. The number of phenols is 1. The quantitative estimate of drug-likeness (QED) is 0.620. The summed E-state index contributed by atoms with van der Waals surface area (Å²) in [5, 5.41) is 12.0. The van der Waals surface area contributed by atoms with E-state index in [9.17, 15) is 5.11 Å². The van der Waals surface area contributed by atoms with Gasteiger partial charge in [-0.15, -0.1) is 5.28 Å².